The summed E-state index contributed by atoms with van der Waals surface area (Å²) in [7, 11) is 0. The van der Waals surface area contributed by atoms with Gasteiger partial charge in [0.25, 0.3) is 0 Å². The van der Waals surface area contributed by atoms with E-state index in [0.717, 1.165) is 25.8 Å². The summed E-state index contributed by atoms with van der Waals surface area (Å²) in [5.74, 6) is -1.14. The van der Waals surface area contributed by atoms with E-state index in [-0.39, 0.29) is 17.9 Å². The molecule has 1 heterocycles. The van der Waals surface area contributed by atoms with Gasteiger partial charge in [-0.2, -0.15) is 0 Å². The maximum Gasteiger partial charge on any atom is 0.307 e. The third-order valence-corrected chi connectivity index (χ3v) is 4.27. The summed E-state index contributed by atoms with van der Waals surface area (Å²) in [5, 5.41) is 9.19. The largest absolute Gasteiger partial charge is 0.481 e. The zero-order valence-electron chi connectivity index (χ0n) is 10.6. The fourth-order valence-electron chi connectivity index (χ4n) is 3.31. The van der Waals surface area contributed by atoms with Crippen molar-refractivity contribution in [1.82, 2.24) is 4.90 Å². The van der Waals surface area contributed by atoms with Crippen molar-refractivity contribution in [3.63, 3.8) is 0 Å². The summed E-state index contributed by atoms with van der Waals surface area (Å²) in [4.78, 5) is 25.5. The number of carbonyl (C=O) groups excluding carboxylic acids is 1. The number of hydrogen-bond acceptors (Lipinski definition) is 2. The summed E-state index contributed by atoms with van der Waals surface area (Å²) < 4.78 is 0. The maximum absolute atomic E-state index is 12.4. The molecule has 4 nitrogen and oxygen atoms in total. The summed E-state index contributed by atoms with van der Waals surface area (Å²) in [6.07, 6.45) is 3.48. The van der Waals surface area contributed by atoms with Crippen molar-refractivity contribution in [2.24, 2.45) is 17.8 Å². The van der Waals surface area contributed by atoms with Crippen molar-refractivity contribution >= 4 is 11.9 Å². The van der Waals surface area contributed by atoms with E-state index >= 15 is 0 Å². The second-order valence-electron chi connectivity index (χ2n) is 5.65. The van der Waals surface area contributed by atoms with E-state index in [1.807, 2.05) is 11.8 Å². The molecule has 1 N–H and O–H groups in total. The third-order valence-electron chi connectivity index (χ3n) is 4.27. The van der Waals surface area contributed by atoms with Crippen LogP contribution in [-0.2, 0) is 9.59 Å². The van der Waals surface area contributed by atoms with Gasteiger partial charge in [0.15, 0.2) is 0 Å². The summed E-state index contributed by atoms with van der Waals surface area (Å²) in [5.41, 5.74) is 0. The SMILES string of the molecule is CC1C[C@H](C(=O)N2CCCC2C)[C@H](C(=O)O)C1. The number of carboxylic acids is 1. The van der Waals surface area contributed by atoms with Crippen LogP contribution < -0.4 is 0 Å². The Bertz CT molecular complexity index is 329. The molecule has 0 aromatic rings. The second-order valence-corrected chi connectivity index (χ2v) is 5.65. The number of aliphatic carboxylic acids is 1. The highest BCUT2D eigenvalue weighted by molar-refractivity contribution is 5.85. The minimum Gasteiger partial charge on any atom is -0.481 e. The minimum atomic E-state index is -0.806. The van der Waals surface area contributed by atoms with E-state index in [4.69, 9.17) is 0 Å². The number of likely N-dealkylation sites (tertiary alicyclic amines) is 1. The van der Waals surface area contributed by atoms with Crippen molar-refractivity contribution in [2.45, 2.75) is 45.6 Å². The van der Waals surface area contributed by atoms with Crippen LogP contribution in [0.3, 0.4) is 0 Å². The number of amides is 1. The first kappa shape index (κ1) is 12.4. The topological polar surface area (TPSA) is 57.6 Å². The fraction of sp³-hybridized carbons (Fsp3) is 0.846. The Hall–Kier alpha value is -1.06. The van der Waals surface area contributed by atoms with E-state index in [1.54, 1.807) is 0 Å². The predicted molar refractivity (Wildman–Crippen MR) is 63.4 cm³/mol. The quantitative estimate of drug-likeness (QED) is 0.798. The molecule has 1 aliphatic heterocycles. The highest BCUT2D eigenvalue weighted by Gasteiger charge is 2.44. The molecule has 1 saturated carbocycles. The molecule has 17 heavy (non-hydrogen) atoms. The highest BCUT2D eigenvalue weighted by atomic mass is 16.4. The van der Waals surface area contributed by atoms with Crippen LogP contribution >= 0.6 is 0 Å². The highest BCUT2D eigenvalue weighted by Crippen LogP contribution is 2.38. The number of rotatable bonds is 2. The molecule has 2 fully saturated rings. The van der Waals surface area contributed by atoms with Crippen LogP contribution in [0.2, 0.25) is 0 Å². The van der Waals surface area contributed by atoms with Gasteiger partial charge < -0.3 is 10.0 Å². The van der Waals surface area contributed by atoms with Crippen LogP contribution in [0.25, 0.3) is 0 Å². The summed E-state index contributed by atoms with van der Waals surface area (Å²) >= 11 is 0. The molecule has 2 aliphatic rings. The first-order valence-corrected chi connectivity index (χ1v) is 6.54. The molecule has 2 rings (SSSR count). The van der Waals surface area contributed by atoms with Gasteiger partial charge in [0, 0.05) is 12.6 Å². The molecule has 0 aromatic heterocycles. The maximum atomic E-state index is 12.4. The van der Waals surface area contributed by atoms with Gasteiger partial charge in [0.05, 0.1) is 11.8 Å². The standard InChI is InChI=1S/C13H21NO3/c1-8-6-10(11(7-8)13(16)17)12(15)14-5-3-4-9(14)2/h8-11H,3-7H2,1-2H3,(H,16,17)/t8?,9?,10-,11+/m0/s1. The first-order valence-electron chi connectivity index (χ1n) is 6.54. The Balaban J connectivity index is 2.10. The molecular formula is C13H21NO3. The Morgan fingerprint density at radius 2 is 1.82 bits per heavy atom. The van der Waals surface area contributed by atoms with E-state index in [0.29, 0.717) is 12.3 Å². The predicted octanol–water partition coefficient (Wildman–Crippen LogP) is 1.74. The monoisotopic (exact) mass is 239 g/mol. The van der Waals surface area contributed by atoms with Crippen LogP contribution in [0.15, 0.2) is 0 Å². The normalized spacial score (nSPS) is 37.4. The van der Waals surface area contributed by atoms with Crippen LogP contribution in [0, 0.1) is 17.8 Å². The zero-order chi connectivity index (χ0) is 12.6. The number of hydrogen-bond donors (Lipinski definition) is 1. The van der Waals surface area contributed by atoms with E-state index in [2.05, 4.69) is 6.92 Å². The lowest BCUT2D eigenvalue weighted by atomic mass is 9.94. The number of nitrogens with zero attached hydrogens (tertiary/aromatic N) is 1. The van der Waals surface area contributed by atoms with Crippen molar-refractivity contribution in [2.75, 3.05) is 6.54 Å². The molecule has 0 aromatic carbocycles. The van der Waals surface area contributed by atoms with Gasteiger partial charge in [0.1, 0.15) is 0 Å². The van der Waals surface area contributed by atoms with Crippen LogP contribution in [-0.4, -0.2) is 34.5 Å². The smallest absolute Gasteiger partial charge is 0.307 e. The number of carboxylic acid groups (broad SMARTS) is 1. The van der Waals surface area contributed by atoms with Crippen LogP contribution in [0.4, 0.5) is 0 Å². The molecule has 1 aliphatic carbocycles. The van der Waals surface area contributed by atoms with Gasteiger partial charge >= 0.3 is 5.97 Å². The number of carbonyl (C=O) groups is 2. The summed E-state index contributed by atoms with van der Waals surface area (Å²) in [6, 6.07) is 0.285. The zero-order valence-corrected chi connectivity index (χ0v) is 10.6. The van der Waals surface area contributed by atoms with Gasteiger partial charge in [-0.3, -0.25) is 9.59 Å². The average Bonchev–Trinajstić information content (AvgIpc) is 2.83. The van der Waals surface area contributed by atoms with Crippen molar-refractivity contribution < 1.29 is 14.7 Å². The third kappa shape index (κ3) is 2.31. The van der Waals surface area contributed by atoms with E-state index < -0.39 is 11.9 Å². The van der Waals surface area contributed by atoms with Crippen molar-refractivity contribution in [3.8, 4) is 0 Å². The molecule has 0 bridgehead atoms. The van der Waals surface area contributed by atoms with Crippen LogP contribution in [0.5, 0.6) is 0 Å². The summed E-state index contributed by atoms with van der Waals surface area (Å²) in [6.45, 7) is 4.90. The minimum absolute atomic E-state index is 0.0757. The Morgan fingerprint density at radius 1 is 1.18 bits per heavy atom. The first-order chi connectivity index (χ1) is 8.00. The van der Waals surface area contributed by atoms with Crippen molar-refractivity contribution in [3.05, 3.63) is 0 Å². The lowest BCUT2D eigenvalue weighted by molar-refractivity contribution is -0.149. The molecule has 2 unspecified atom stereocenters. The van der Waals surface area contributed by atoms with E-state index in [9.17, 15) is 14.7 Å². The van der Waals surface area contributed by atoms with E-state index in [1.165, 1.54) is 0 Å². The average molecular weight is 239 g/mol. The molecule has 96 valence electrons. The van der Waals surface area contributed by atoms with Gasteiger partial charge in [0.2, 0.25) is 5.91 Å². The molecule has 4 heteroatoms. The Morgan fingerprint density at radius 3 is 2.35 bits per heavy atom. The van der Waals surface area contributed by atoms with Gasteiger partial charge in [-0.25, -0.2) is 0 Å². The molecule has 1 amide bonds. The molecule has 0 spiro atoms. The van der Waals surface area contributed by atoms with Crippen LogP contribution in [0.1, 0.15) is 39.5 Å². The lowest BCUT2D eigenvalue weighted by Gasteiger charge is -2.26. The second kappa shape index (κ2) is 4.67. The molecule has 1 saturated heterocycles. The molecule has 4 atom stereocenters. The van der Waals surface area contributed by atoms with Crippen molar-refractivity contribution in [1.29, 1.82) is 0 Å². The van der Waals surface area contributed by atoms with Gasteiger partial charge in [-0.05, 0) is 38.5 Å². The lowest BCUT2D eigenvalue weighted by Crippen LogP contribution is -2.40. The molecule has 0 radical (unpaired) electrons. The molecular weight excluding hydrogens is 218 g/mol. The van der Waals surface area contributed by atoms with Gasteiger partial charge in [-0.1, -0.05) is 6.92 Å². The fourth-order valence-corrected chi connectivity index (χ4v) is 3.31. The Labute approximate surface area is 102 Å². The Kier molecular flexibility index (Phi) is 3.40. The van der Waals surface area contributed by atoms with Gasteiger partial charge in [-0.15, -0.1) is 0 Å².